The zero-order chi connectivity index (χ0) is 16.9. The quantitative estimate of drug-likeness (QED) is 0.469. The lowest BCUT2D eigenvalue weighted by Crippen LogP contribution is -2.55. The molecule has 8 nitrogen and oxygen atoms in total. The summed E-state index contributed by atoms with van der Waals surface area (Å²) in [5.74, 6) is 0. The molecule has 1 aliphatic heterocycles. The van der Waals surface area contributed by atoms with Crippen LogP contribution in [0, 0.1) is 0 Å². The van der Waals surface area contributed by atoms with Gasteiger partial charge >= 0.3 is 6.18 Å². The molecule has 12 heteroatoms. The molecule has 0 bridgehead atoms. The second-order valence-electron chi connectivity index (χ2n) is 4.69. The molecule has 1 heterocycles. The van der Waals surface area contributed by atoms with Gasteiger partial charge in [-0.15, -0.1) is 4.83 Å². The number of nitrogen functional groups attached to an aromatic ring is 1. The molecule has 124 valence electrons. The molecule has 1 aromatic rings. The number of aliphatic hydroxyl groups is 2. The summed E-state index contributed by atoms with van der Waals surface area (Å²) in [6.07, 6.45) is -7.44. The number of aliphatic hydroxyl groups excluding tert-OH is 2. The van der Waals surface area contributed by atoms with E-state index in [-0.39, 0.29) is 11.3 Å². The molecule has 2 atom stereocenters. The van der Waals surface area contributed by atoms with Gasteiger partial charge in [0.15, 0.2) is 12.6 Å². The molecule has 0 aromatic heterocycles. The minimum atomic E-state index is -4.71. The average Bonchev–Trinajstić information content (AvgIpc) is 2.32. The number of hydrogen-bond acceptors (Lipinski definition) is 7. The number of rotatable bonds is 2. The Morgan fingerprint density at radius 3 is 2.45 bits per heavy atom. The van der Waals surface area contributed by atoms with Crippen LogP contribution in [0.3, 0.4) is 0 Å². The van der Waals surface area contributed by atoms with Crippen LogP contribution in [0.4, 0.5) is 24.5 Å². The molecule has 22 heavy (non-hydrogen) atoms. The topological polar surface area (TPSA) is 128 Å². The third-order valence-corrected chi connectivity index (χ3v) is 3.43. The van der Waals surface area contributed by atoms with Crippen molar-refractivity contribution in [2.45, 2.75) is 18.8 Å². The molecule has 1 aliphatic rings. The van der Waals surface area contributed by atoms with Crippen LogP contribution in [0.2, 0.25) is 0 Å². The van der Waals surface area contributed by atoms with Crippen LogP contribution in [0.15, 0.2) is 12.1 Å². The fraction of sp³-hybridized carbons (Fsp3) is 0.400. The number of alkyl halides is 3. The molecule has 1 aromatic carbocycles. The van der Waals surface area contributed by atoms with Gasteiger partial charge in [0.1, 0.15) is 0 Å². The highest BCUT2D eigenvalue weighted by atomic mass is 32.2. The van der Waals surface area contributed by atoms with Crippen molar-refractivity contribution < 1.29 is 31.8 Å². The summed E-state index contributed by atoms with van der Waals surface area (Å²) < 4.78 is 60.7. The minimum absolute atomic E-state index is 0.119. The van der Waals surface area contributed by atoms with E-state index in [9.17, 15) is 31.8 Å². The second kappa shape index (κ2) is 5.24. The van der Waals surface area contributed by atoms with Gasteiger partial charge in [-0.1, -0.05) is 0 Å². The van der Waals surface area contributed by atoms with E-state index in [0.717, 1.165) is 12.3 Å². The van der Waals surface area contributed by atoms with Crippen molar-refractivity contribution in [2.75, 3.05) is 17.3 Å². The van der Waals surface area contributed by atoms with Gasteiger partial charge in [0.2, 0.25) is 10.0 Å². The van der Waals surface area contributed by atoms with Crippen LogP contribution in [-0.4, -0.2) is 36.2 Å². The lowest BCUT2D eigenvalue weighted by Gasteiger charge is -2.38. The normalized spacial score (nSPS) is 23.0. The maximum atomic E-state index is 12.8. The van der Waals surface area contributed by atoms with E-state index in [1.54, 1.807) is 0 Å². The molecule has 0 spiro atoms. The first-order valence-corrected chi connectivity index (χ1v) is 7.68. The van der Waals surface area contributed by atoms with Crippen LogP contribution in [0.5, 0.6) is 0 Å². The van der Waals surface area contributed by atoms with Gasteiger partial charge in [0.05, 0.1) is 11.8 Å². The number of sulfonamides is 1. The summed E-state index contributed by atoms with van der Waals surface area (Å²) in [6.45, 7) is 0. The summed E-state index contributed by atoms with van der Waals surface area (Å²) >= 11 is 0. The van der Waals surface area contributed by atoms with Crippen molar-refractivity contribution in [2.24, 2.45) is 0 Å². The Bertz CT molecular complexity index is 694. The van der Waals surface area contributed by atoms with E-state index in [2.05, 4.69) is 5.32 Å². The summed E-state index contributed by atoms with van der Waals surface area (Å²) in [7, 11) is -3.83. The number of anilines is 2. The van der Waals surface area contributed by atoms with Gasteiger partial charge in [-0.2, -0.15) is 18.2 Å². The van der Waals surface area contributed by atoms with E-state index in [1.165, 1.54) is 0 Å². The molecule has 2 rings (SSSR count). The molecule has 0 saturated carbocycles. The van der Waals surface area contributed by atoms with Crippen molar-refractivity contribution in [1.82, 2.24) is 9.84 Å². The number of benzene rings is 1. The smallest absolute Gasteiger partial charge is 0.398 e. The van der Waals surface area contributed by atoms with Crippen molar-refractivity contribution in [1.29, 1.82) is 0 Å². The van der Waals surface area contributed by atoms with Gasteiger partial charge in [-0.3, -0.25) is 0 Å². The number of nitrogens with two attached hydrogens (primary N) is 1. The van der Waals surface area contributed by atoms with E-state index in [4.69, 9.17) is 5.73 Å². The number of nitrogens with one attached hydrogen (secondary N) is 2. The summed E-state index contributed by atoms with van der Waals surface area (Å²) in [6, 6.07) is 1.49. The maximum absolute atomic E-state index is 12.8. The van der Waals surface area contributed by atoms with Crippen LogP contribution < -0.4 is 15.9 Å². The molecule has 0 fully saturated rings. The first kappa shape index (κ1) is 16.8. The highest BCUT2D eigenvalue weighted by Gasteiger charge is 2.38. The third kappa shape index (κ3) is 3.25. The van der Waals surface area contributed by atoms with E-state index < -0.39 is 40.0 Å². The summed E-state index contributed by atoms with van der Waals surface area (Å²) in [5, 5.41) is 22.5. The highest BCUT2D eigenvalue weighted by Crippen LogP contribution is 2.40. The number of fused-ring (bicyclic) bond motifs is 1. The van der Waals surface area contributed by atoms with Crippen molar-refractivity contribution in [3.05, 3.63) is 23.3 Å². The minimum Gasteiger partial charge on any atom is -0.398 e. The summed E-state index contributed by atoms with van der Waals surface area (Å²) in [5.41, 5.74) is 3.22. The highest BCUT2D eigenvalue weighted by molar-refractivity contribution is 7.88. The Hall–Kier alpha value is -1.60. The molecule has 0 amide bonds. The van der Waals surface area contributed by atoms with Crippen molar-refractivity contribution in [3.8, 4) is 0 Å². The van der Waals surface area contributed by atoms with Crippen LogP contribution in [0.25, 0.3) is 0 Å². The standard InChI is InChI=1S/C10H13F3N4O4S/c1-22(20,21)16-17-8(18)4-2-6(14)5(10(11,12)13)3-7(4)15-9(17)19/h2-3,8-9,15-16,18-19H,14H2,1H3. The van der Waals surface area contributed by atoms with Crippen molar-refractivity contribution >= 4 is 21.4 Å². The van der Waals surface area contributed by atoms with Crippen molar-refractivity contribution in [3.63, 3.8) is 0 Å². The predicted octanol–water partition coefficient (Wildman–Crippen LogP) is -0.254. The second-order valence-corrected chi connectivity index (χ2v) is 6.41. The fourth-order valence-electron chi connectivity index (χ4n) is 2.00. The largest absolute Gasteiger partial charge is 0.418 e. The van der Waals surface area contributed by atoms with Gasteiger partial charge in [0, 0.05) is 16.9 Å². The first-order valence-electron chi connectivity index (χ1n) is 5.79. The van der Waals surface area contributed by atoms with Gasteiger partial charge in [-0.25, -0.2) is 8.42 Å². The van der Waals surface area contributed by atoms with Crippen LogP contribution in [-0.2, 0) is 16.2 Å². The average molecular weight is 342 g/mol. The Morgan fingerprint density at radius 1 is 1.36 bits per heavy atom. The number of nitrogens with zero attached hydrogens (tertiary/aromatic N) is 1. The first-order chi connectivity index (χ1) is 9.90. The summed E-state index contributed by atoms with van der Waals surface area (Å²) in [4.78, 5) is 1.84. The molecule has 0 radical (unpaired) electrons. The van der Waals surface area contributed by atoms with Gasteiger partial charge in [-0.05, 0) is 12.1 Å². The monoisotopic (exact) mass is 342 g/mol. The van der Waals surface area contributed by atoms with E-state index >= 15 is 0 Å². The lowest BCUT2D eigenvalue weighted by atomic mass is 10.0. The molecule has 2 unspecified atom stereocenters. The van der Waals surface area contributed by atoms with Gasteiger partial charge in [0.25, 0.3) is 0 Å². The Labute approximate surface area is 123 Å². The fourth-order valence-corrected chi connectivity index (χ4v) is 2.58. The molecular formula is C10H13F3N4O4S. The number of halogens is 3. The maximum Gasteiger partial charge on any atom is 0.418 e. The van der Waals surface area contributed by atoms with E-state index in [0.29, 0.717) is 11.1 Å². The zero-order valence-corrected chi connectivity index (χ0v) is 11.9. The third-order valence-electron chi connectivity index (χ3n) is 2.89. The zero-order valence-electron chi connectivity index (χ0n) is 11.1. The van der Waals surface area contributed by atoms with Gasteiger partial charge < -0.3 is 21.3 Å². The predicted molar refractivity (Wildman–Crippen MR) is 70.3 cm³/mol. The lowest BCUT2D eigenvalue weighted by molar-refractivity contribution is -0.137. The number of hydrazine groups is 1. The molecule has 0 aliphatic carbocycles. The Balaban J connectivity index is 2.47. The molecule has 0 saturated heterocycles. The molecular weight excluding hydrogens is 329 g/mol. The SMILES string of the molecule is CS(=O)(=O)NN1C(O)Nc2cc(C(F)(F)F)c(N)cc2C1O. The van der Waals surface area contributed by atoms with Crippen LogP contribution >= 0.6 is 0 Å². The Kier molecular flexibility index (Phi) is 3.99. The van der Waals surface area contributed by atoms with Crippen LogP contribution in [0.1, 0.15) is 17.4 Å². The Morgan fingerprint density at radius 2 is 1.95 bits per heavy atom. The van der Waals surface area contributed by atoms with E-state index in [1.807, 2.05) is 4.83 Å². The molecule has 6 N–H and O–H groups in total. The number of hydrogen-bond donors (Lipinski definition) is 5.